The van der Waals surface area contributed by atoms with E-state index >= 15 is 0 Å². The van der Waals surface area contributed by atoms with Crippen LogP contribution >= 0.6 is 0 Å². The number of nitrogens with two attached hydrogens (primary N) is 1. The Morgan fingerprint density at radius 3 is 2.33 bits per heavy atom. The summed E-state index contributed by atoms with van der Waals surface area (Å²) in [4.78, 5) is 34.1. The van der Waals surface area contributed by atoms with Crippen molar-refractivity contribution in [1.82, 2.24) is 5.32 Å². The SMILES string of the molecule is CCC(C(=O)N[C@@H](CCC(N)=O)C(=O)O)c1ccccc1. The lowest BCUT2D eigenvalue weighted by molar-refractivity contribution is -0.142. The highest BCUT2D eigenvalue weighted by atomic mass is 16.4. The van der Waals surface area contributed by atoms with E-state index in [-0.39, 0.29) is 18.7 Å². The van der Waals surface area contributed by atoms with Crippen molar-refractivity contribution in [3.8, 4) is 0 Å². The summed E-state index contributed by atoms with van der Waals surface area (Å²) < 4.78 is 0. The lowest BCUT2D eigenvalue weighted by Gasteiger charge is -2.19. The molecule has 0 heterocycles. The number of carboxylic acids is 1. The van der Waals surface area contributed by atoms with Gasteiger partial charge in [-0.05, 0) is 18.4 Å². The van der Waals surface area contributed by atoms with E-state index in [1.54, 1.807) is 0 Å². The molecule has 2 amide bonds. The third kappa shape index (κ3) is 5.25. The number of primary amides is 1. The molecule has 0 bridgehead atoms. The Morgan fingerprint density at radius 2 is 1.86 bits per heavy atom. The van der Waals surface area contributed by atoms with E-state index in [0.717, 1.165) is 5.56 Å². The number of hydrogen-bond acceptors (Lipinski definition) is 3. The van der Waals surface area contributed by atoms with Gasteiger partial charge in [0.2, 0.25) is 11.8 Å². The third-order valence-electron chi connectivity index (χ3n) is 3.22. The number of carbonyl (C=O) groups excluding carboxylic acids is 2. The molecule has 0 saturated heterocycles. The molecular weight excluding hydrogens is 272 g/mol. The van der Waals surface area contributed by atoms with Crippen LogP contribution in [0.15, 0.2) is 30.3 Å². The minimum absolute atomic E-state index is 0.0123. The van der Waals surface area contributed by atoms with Gasteiger partial charge in [0.15, 0.2) is 0 Å². The summed E-state index contributed by atoms with van der Waals surface area (Å²) in [5.74, 6) is -2.54. The number of nitrogens with one attached hydrogen (secondary N) is 1. The van der Waals surface area contributed by atoms with Gasteiger partial charge in [0, 0.05) is 6.42 Å². The number of rotatable bonds is 8. The van der Waals surface area contributed by atoms with Gasteiger partial charge in [-0.25, -0.2) is 4.79 Å². The van der Waals surface area contributed by atoms with Crippen molar-refractivity contribution in [2.75, 3.05) is 0 Å². The molecule has 6 heteroatoms. The van der Waals surface area contributed by atoms with Crippen LogP contribution in [0.3, 0.4) is 0 Å². The zero-order chi connectivity index (χ0) is 15.8. The van der Waals surface area contributed by atoms with Crippen molar-refractivity contribution in [3.05, 3.63) is 35.9 Å². The first kappa shape index (κ1) is 16.7. The first-order valence-corrected chi connectivity index (χ1v) is 6.82. The standard InChI is InChI=1S/C15H20N2O4/c1-2-11(10-6-4-3-5-7-10)14(19)17-12(15(20)21)8-9-13(16)18/h3-7,11-12H,2,8-9H2,1H3,(H2,16,18)(H,17,19)(H,20,21)/t11?,12-/m0/s1. The Bertz CT molecular complexity index is 502. The smallest absolute Gasteiger partial charge is 0.326 e. The van der Waals surface area contributed by atoms with Crippen LogP contribution in [0, 0.1) is 0 Å². The average Bonchev–Trinajstić information content (AvgIpc) is 2.44. The summed E-state index contributed by atoms with van der Waals surface area (Å²) in [5.41, 5.74) is 5.83. The Hall–Kier alpha value is -2.37. The zero-order valence-electron chi connectivity index (χ0n) is 11.9. The van der Waals surface area contributed by atoms with E-state index in [2.05, 4.69) is 5.32 Å². The van der Waals surface area contributed by atoms with Gasteiger partial charge in [-0.15, -0.1) is 0 Å². The largest absolute Gasteiger partial charge is 0.480 e. The molecule has 1 aromatic carbocycles. The van der Waals surface area contributed by atoms with Gasteiger partial charge in [0.05, 0.1) is 5.92 Å². The number of carbonyl (C=O) groups is 3. The first-order chi connectivity index (χ1) is 9.95. The van der Waals surface area contributed by atoms with Crippen molar-refractivity contribution in [2.24, 2.45) is 5.73 Å². The number of aliphatic carboxylic acids is 1. The minimum atomic E-state index is -1.17. The van der Waals surface area contributed by atoms with Gasteiger partial charge in [0.1, 0.15) is 6.04 Å². The molecule has 2 atom stereocenters. The van der Waals surface area contributed by atoms with Crippen LogP contribution in [0.1, 0.15) is 37.7 Å². The maximum absolute atomic E-state index is 12.2. The van der Waals surface area contributed by atoms with E-state index in [1.165, 1.54) is 0 Å². The van der Waals surface area contributed by atoms with Crippen LogP contribution in [-0.2, 0) is 14.4 Å². The average molecular weight is 292 g/mol. The lowest BCUT2D eigenvalue weighted by Crippen LogP contribution is -2.43. The topological polar surface area (TPSA) is 109 Å². The molecular formula is C15H20N2O4. The fourth-order valence-corrected chi connectivity index (χ4v) is 2.07. The molecule has 0 fully saturated rings. The van der Waals surface area contributed by atoms with E-state index in [1.807, 2.05) is 37.3 Å². The molecule has 114 valence electrons. The monoisotopic (exact) mass is 292 g/mol. The number of carboxylic acid groups (broad SMARTS) is 1. The predicted molar refractivity (Wildman–Crippen MR) is 77.5 cm³/mol. The number of amides is 2. The first-order valence-electron chi connectivity index (χ1n) is 6.82. The van der Waals surface area contributed by atoms with Crippen molar-refractivity contribution in [1.29, 1.82) is 0 Å². The van der Waals surface area contributed by atoms with Gasteiger partial charge in [0.25, 0.3) is 0 Å². The highest BCUT2D eigenvalue weighted by Crippen LogP contribution is 2.19. The Balaban J connectivity index is 2.75. The highest BCUT2D eigenvalue weighted by Gasteiger charge is 2.25. The van der Waals surface area contributed by atoms with Crippen LogP contribution in [-0.4, -0.2) is 28.9 Å². The maximum atomic E-state index is 12.2. The van der Waals surface area contributed by atoms with E-state index in [4.69, 9.17) is 10.8 Å². The molecule has 0 aromatic heterocycles. The molecule has 1 unspecified atom stereocenters. The van der Waals surface area contributed by atoms with Gasteiger partial charge in [-0.2, -0.15) is 0 Å². The molecule has 0 aliphatic rings. The van der Waals surface area contributed by atoms with Crippen molar-refractivity contribution >= 4 is 17.8 Å². The second kappa shape index (κ2) is 8.04. The van der Waals surface area contributed by atoms with Gasteiger partial charge in [-0.3, -0.25) is 9.59 Å². The van der Waals surface area contributed by atoms with E-state index < -0.39 is 23.8 Å². The third-order valence-corrected chi connectivity index (χ3v) is 3.22. The van der Waals surface area contributed by atoms with Crippen LogP contribution in [0.4, 0.5) is 0 Å². The molecule has 4 N–H and O–H groups in total. The molecule has 0 radical (unpaired) electrons. The van der Waals surface area contributed by atoms with Crippen LogP contribution in [0.25, 0.3) is 0 Å². The summed E-state index contributed by atoms with van der Waals surface area (Å²) in [7, 11) is 0. The minimum Gasteiger partial charge on any atom is -0.480 e. The van der Waals surface area contributed by atoms with Crippen molar-refractivity contribution < 1.29 is 19.5 Å². The van der Waals surface area contributed by atoms with Crippen LogP contribution in [0.2, 0.25) is 0 Å². The van der Waals surface area contributed by atoms with Crippen molar-refractivity contribution in [2.45, 2.75) is 38.1 Å². The second-order valence-electron chi connectivity index (χ2n) is 4.78. The van der Waals surface area contributed by atoms with E-state index in [9.17, 15) is 14.4 Å². The molecule has 1 rings (SSSR count). The fraction of sp³-hybridized carbons (Fsp3) is 0.400. The Morgan fingerprint density at radius 1 is 1.24 bits per heavy atom. The lowest BCUT2D eigenvalue weighted by atomic mass is 9.95. The molecule has 0 spiro atoms. The molecule has 1 aromatic rings. The van der Waals surface area contributed by atoms with Gasteiger partial charge >= 0.3 is 5.97 Å². The summed E-state index contributed by atoms with van der Waals surface area (Å²) in [6, 6.07) is 8.05. The summed E-state index contributed by atoms with van der Waals surface area (Å²) in [6.45, 7) is 1.86. The van der Waals surface area contributed by atoms with Gasteiger partial charge in [-0.1, -0.05) is 37.3 Å². The number of benzene rings is 1. The quantitative estimate of drug-likeness (QED) is 0.664. The Labute approximate surface area is 123 Å². The maximum Gasteiger partial charge on any atom is 0.326 e. The molecule has 6 nitrogen and oxygen atoms in total. The number of hydrogen-bond donors (Lipinski definition) is 3. The Kier molecular flexibility index (Phi) is 6.39. The second-order valence-corrected chi connectivity index (χ2v) is 4.78. The normalized spacial score (nSPS) is 13.2. The molecule has 0 aliphatic carbocycles. The van der Waals surface area contributed by atoms with Crippen molar-refractivity contribution in [3.63, 3.8) is 0 Å². The fourth-order valence-electron chi connectivity index (χ4n) is 2.07. The molecule has 21 heavy (non-hydrogen) atoms. The van der Waals surface area contributed by atoms with Crippen LogP contribution in [0.5, 0.6) is 0 Å². The highest BCUT2D eigenvalue weighted by molar-refractivity contribution is 5.88. The summed E-state index contributed by atoms with van der Waals surface area (Å²) >= 11 is 0. The molecule has 0 aliphatic heterocycles. The zero-order valence-corrected chi connectivity index (χ0v) is 11.9. The summed E-state index contributed by atoms with van der Waals surface area (Å²) in [5, 5.41) is 11.6. The predicted octanol–water partition coefficient (Wildman–Crippen LogP) is 1.02. The summed E-state index contributed by atoms with van der Waals surface area (Å²) in [6.07, 6.45) is 0.457. The van der Waals surface area contributed by atoms with E-state index in [0.29, 0.717) is 6.42 Å². The van der Waals surface area contributed by atoms with Gasteiger partial charge < -0.3 is 16.2 Å². The molecule has 0 saturated carbocycles. The van der Waals surface area contributed by atoms with Crippen LogP contribution < -0.4 is 11.1 Å².